The van der Waals surface area contributed by atoms with Gasteiger partial charge in [-0.3, -0.25) is 0 Å². The Balaban J connectivity index is 0.000000163. The van der Waals surface area contributed by atoms with Gasteiger partial charge in [-0.2, -0.15) is 4.68 Å². The van der Waals surface area contributed by atoms with Gasteiger partial charge in [-0.1, -0.05) is 18.2 Å². The van der Waals surface area contributed by atoms with Crippen molar-refractivity contribution >= 4 is 25.3 Å². The summed E-state index contributed by atoms with van der Waals surface area (Å²) in [4.78, 5) is 7.46. The molecule has 2 heterocycles. The Bertz CT molecular complexity index is 613. The van der Waals surface area contributed by atoms with E-state index in [4.69, 9.17) is 0 Å². The van der Waals surface area contributed by atoms with E-state index >= 15 is 0 Å². The highest BCUT2D eigenvalue weighted by Gasteiger charge is 2.01. The summed E-state index contributed by atoms with van der Waals surface area (Å²) in [6.45, 7) is 0. The molecule has 0 saturated carbocycles. The second kappa shape index (κ2) is 6.86. The molecule has 3 rings (SSSR count). The highest BCUT2D eigenvalue weighted by Crippen LogP contribution is 2.08. The minimum Gasteiger partial charge on any atom is -0.231 e. The fourth-order valence-corrected chi connectivity index (χ4v) is 1.54. The molecule has 2 aromatic heterocycles. The van der Waals surface area contributed by atoms with Gasteiger partial charge < -0.3 is 0 Å². The highest BCUT2D eigenvalue weighted by molar-refractivity contribution is 7.80. The number of para-hydroxylation sites is 1. The zero-order chi connectivity index (χ0) is 13.5. The molecule has 0 amide bonds. The van der Waals surface area contributed by atoms with Gasteiger partial charge in [0.25, 0.3) is 0 Å². The zero-order valence-corrected chi connectivity index (χ0v) is 11.5. The number of hydrogen-bond donors (Lipinski definition) is 2. The molecule has 0 fully saturated rings. The molecule has 1 aromatic carbocycles. The molecule has 0 spiro atoms. The van der Waals surface area contributed by atoms with Crippen LogP contribution in [0, 0.1) is 0 Å². The number of aromatic nitrogens is 6. The molecule has 0 saturated heterocycles. The average Bonchev–Trinajstić information content (AvgIpc) is 2.88. The first kappa shape index (κ1) is 13.5. The van der Waals surface area contributed by atoms with Gasteiger partial charge in [0.1, 0.15) is 0 Å². The maximum Gasteiger partial charge on any atom is 0.211 e. The molecular formula is C11H10N6S2. The van der Waals surface area contributed by atoms with E-state index in [1.807, 2.05) is 30.3 Å². The lowest BCUT2D eigenvalue weighted by Gasteiger charge is -1.98. The standard InChI is InChI=1S/C7H6N4S.C4H4N2S/c12-7-8-9-10-11(7)6-4-2-1-3-5-6;7-4-5-2-1-3-6-4/h1-5H,(H,8,10,12);1-3H,(H,5,6,7). The summed E-state index contributed by atoms with van der Waals surface area (Å²) in [5.74, 6) is 0. The van der Waals surface area contributed by atoms with Crippen LogP contribution >= 0.6 is 25.3 Å². The van der Waals surface area contributed by atoms with E-state index in [1.54, 1.807) is 23.1 Å². The molecule has 8 heteroatoms. The fraction of sp³-hybridized carbons (Fsp3) is 0. The van der Waals surface area contributed by atoms with E-state index in [0.717, 1.165) is 5.69 Å². The molecule has 0 radical (unpaired) electrons. The Labute approximate surface area is 120 Å². The molecule has 0 atom stereocenters. The molecule has 0 aliphatic rings. The van der Waals surface area contributed by atoms with E-state index in [9.17, 15) is 0 Å². The second-order valence-electron chi connectivity index (χ2n) is 3.28. The van der Waals surface area contributed by atoms with E-state index in [-0.39, 0.29) is 0 Å². The van der Waals surface area contributed by atoms with Crippen molar-refractivity contribution in [3.05, 3.63) is 48.8 Å². The Kier molecular flexibility index (Phi) is 4.87. The van der Waals surface area contributed by atoms with Gasteiger partial charge in [0.2, 0.25) is 5.16 Å². The predicted molar refractivity (Wildman–Crippen MR) is 75.7 cm³/mol. The van der Waals surface area contributed by atoms with Crippen LogP contribution in [-0.4, -0.2) is 30.2 Å². The van der Waals surface area contributed by atoms with Crippen molar-refractivity contribution in [2.24, 2.45) is 0 Å². The van der Waals surface area contributed by atoms with Crippen molar-refractivity contribution in [1.82, 2.24) is 30.2 Å². The smallest absolute Gasteiger partial charge is 0.211 e. The first-order valence-electron chi connectivity index (χ1n) is 5.26. The van der Waals surface area contributed by atoms with Gasteiger partial charge in [-0.05, 0) is 28.6 Å². The summed E-state index contributed by atoms with van der Waals surface area (Å²) in [5.41, 5.74) is 0.910. The molecule has 0 N–H and O–H groups in total. The normalized spacial score (nSPS) is 9.58. The lowest BCUT2D eigenvalue weighted by molar-refractivity contribution is 0.758. The molecule has 0 aliphatic carbocycles. The van der Waals surface area contributed by atoms with Crippen molar-refractivity contribution in [1.29, 1.82) is 0 Å². The van der Waals surface area contributed by atoms with Crippen molar-refractivity contribution < 1.29 is 0 Å². The predicted octanol–water partition coefficient (Wildman–Crippen LogP) is 1.72. The Morgan fingerprint density at radius 1 is 0.895 bits per heavy atom. The average molecular weight is 290 g/mol. The molecule has 0 unspecified atom stereocenters. The first-order chi connectivity index (χ1) is 9.27. The van der Waals surface area contributed by atoms with Crippen LogP contribution in [0.1, 0.15) is 0 Å². The third-order valence-electron chi connectivity index (χ3n) is 2.01. The van der Waals surface area contributed by atoms with E-state index in [2.05, 4.69) is 50.8 Å². The summed E-state index contributed by atoms with van der Waals surface area (Å²) in [5, 5.41) is 11.9. The summed E-state index contributed by atoms with van der Waals surface area (Å²) < 4.78 is 1.56. The van der Waals surface area contributed by atoms with Gasteiger partial charge in [-0.25, -0.2) is 9.97 Å². The van der Waals surface area contributed by atoms with Gasteiger partial charge >= 0.3 is 0 Å². The molecule has 96 valence electrons. The number of hydrogen-bond acceptors (Lipinski definition) is 7. The van der Waals surface area contributed by atoms with Crippen LogP contribution in [0.15, 0.2) is 59.1 Å². The number of benzene rings is 1. The third kappa shape index (κ3) is 4.04. The summed E-state index contributed by atoms with van der Waals surface area (Å²) in [7, 11) is 0. The molecule has 6 nitrogen and oxygen atoms in total. The van der Waals surface area contributed by atoms with Crippen LogP contribution in [0.3, 0.4) is 0 Å². The van der Waals surface area contributed by atoms with Gasteiger partial charge in [-0.15, -0.1) is 30.4 Å². The summed E-state index contributed by atoms with van der Waals surface area (Å²) in [6.07, 6.45) is 3.30. The first-order valence-corrected chi connectivity index (χ1v) is 6.15. The van der Waals surface area contributed by atoms with Crippen LogP contribution in [0.4, 0.5) is 0 Å². The quantitative estimate of drug-likeness (QED) is 0.527. The largest absolute Gasteiger partial charge is 0.231 e. The fourth-order valence-electron chi connectivity index (χ4n) is 1.21. The maximum atomic E-state index is 4.09. The summed E-state index contributed by atoms with van der Waals surface area (Å²) >= 11 is 7.95. The zero-order valence-electron chi connectivity index (χ0n) is 9.70. The highest BCUT2D eigenvalue weighted by atomic mass is 32.1. The lowest BCUT2D eigenvalue weighted by Crippen LogP contribution is -1.96. The molecule has 0 bridgehead atoms. The van der Waals surface area contributed by atoms with Gasteiger partial charge in [0.05, 0.1) is 5.69 Å². The van der Waals surface area contributed by atoms with E-state index in [0.29, 0.717) is 10.3 Å². The van der Waals surface area contributed by atoms with Gasteiger partial charge in [0, 0.05) is 12.4 Å². The van der Waals surface area contributed by atoms with Crippen molar-refractivity contribution in [2.45, 2.75) is 10.3 Å². The molecule has 0 aliphatic heterocycles. The lowest BCUT2D eigenvalue weighted by atomic mass is 10.3. The SMILES string of the molecule is Sc1ncccn1.Sc1nnnn1-c1ccccc1. The second-order valence-corrected chi connectivity index (χ2v) is 4.08. The van der Waals surface area contributed by atoms with Crippen LogP contribution < -0.4 is 0 Å². The Morgan fingerprint density at radius 2 is 1.58 bits per heavy atom. The van der Waals surface area contributed by atoms with E-state index in [1.165, 1.54) is 0 Å². The third-order valence-corrected chi connectivity index (χ3v) is 2.52. The molecule has 3 aromatic rings. The number of rotatable bonds is 1. The number of nitrogens with zero attached hydrogens (tertiary/aromatic N) is 6. The van der Waals surface area contributed by atoms with Crippen molar-refractivity contribution in [2.75, 3.05) is 0 Å². The minimum atomic E-state index is 0.487. The Morgan fingerprint density at radius 3 is 2.05 bits per heavy atom. The van der Waals surface area contributed by atoms with Crippen LogP contribution in [0.5, 0.6) is 0 Å². The Hall–Kier alpha value is -1.93. The number of tetrazole rings is 1. The molecule has 19 heavy (non-hydrogen) atoms. The van der Waals surface area contributed by atoms with E-state index < -0.39 is 0 Å². The topological polar surface area (TPSA) is 69.4 Å². The maximum absolute atomic E-state index is 4.09. The monoisotopic (exact) mass is 290 g/mol. The van der Waals surface area contributed by atoms with Crippen LogP contribution in [-0.2, 0) is 0 Å². The minimum absolute atomic E-state index is 0.487. The van der Waals surface area contributed by atoms with Crippen LogP contribution in [0.25, 0.3) is 5.69 Å². The summed E-state index contributed by atoms with van der Waals surface area (Å²) in [6, 6.07) is 11.4. The van der Waals surface area contributed by atoms with Crippen molar-refractivity contribution in [3.8, 4) is 5.69 Å². The van der Waals surface area contributed by atoms with Gasteiger partial charge in [0.15, 0.2) is 5.16 Å². The molecular weight excluding hydrogens is 280 g/mol. The number of thiol groups is 2. The van der Waals surface area contributed by atoms with Crippen molar-refractivity contribution in [3.63, 3.8) is 0 Å². The van der Waals surface area contributed by atoms with Crippen LogP contribution in [0.2, 0.25) is 0 Å².